The predicted molar refractivity (Wildman–Crippen MR) is 91.5 cm³/mol. The molecule has 2 atom stereocenters. The summed E-state index contributed by atoms with van der Waals surface area (Å²) in [6, 6.07) is 13.4. The molecule has 26 heavy (non-hydrogen) atoms. The van der Waals surface area contributed by atoms with Crippen molar-refractivity contribution in [3.05, 3.63) is 65.7 Å². The van der Waals surface area contributed by atoms with Gasteiger partial charge in [-0.3, -0.25) is 9.59 Å². The van der Waals surface area contributed by atoms with Gasteiger partial charge in [0.25, 0.3) is 5.78 Å². The lowest BCUT2D eigenvalue weighted by molar-refractivity contribution is -0.153. The number of hydrogen-bond donors (Lipinski definition) is 5. The van der Waals surface area contributed by atoms with Gasteiger partial charge in [0.2, 0.25) is 0 Å². The Balaban J connectivity index is 0.000000260. The Morgan fingerprint density at radius 2 is 1.46 bits per heavy atom. The summed E-state index contributed by atoms with van der Waals surface area (Å²) in [5, 5.41) is 35.0. The van der Waals surface area contributed by atoms with Gasteiger partial charge in [0.15, 0.2) is 0 Å². The van der Waals surface area contributed by atoms with E-state index in [-0.39, 0.29) is 17.7 Å². The zero-order chi connectivity index (χ0) is 19.7. The van der Waals surface area contributed by atoms with E-state index in [0.29, 0.717) is 0 Å². The van der Waals surface area contributed by atoms with Crippen LogP contribution in [0, 0.1) is 0 Å². The van der Waals surface area contributed by atoms with E-state index < -0.39 is 29.9 Å². The molecule has 0 amide bonds. The lowest BCUT2D eigenvalue weighted by Gasteiger charge is -2.05. The van der Waals surface area contributed by atoms with Gasteiger partial charge in [-0.15, -0.1) is 0 Å². The summed E-state index contributed by atoms with van der Waals surface area (Å²) in [6.07, 6.45) is -1.30. The minimum absolute atomic E-state index is 0.160. The van der Waals surface area contributed by atoms with Crippen LogP contribution < -0.4 is 5.73 Å². The smallest absolute Gasteiger partial charge is 0.375 e. The van der Waals surface area contributed by atoms with Crippen molar-refractivity contribution in [1.29, 1.82) is 0 Å². The zero-order valence-corrected chi connectivity index (χ0v) is 13.6. The van der Waals surface area contributed by atoms with Crippen molar-refractivity contribution in [3.8, 4) is 5.75 Å². The highest BCUT2D eigenvalue weighted by molar-refractivity contribution is 6.34. The van der Waals surface area contributed by atoms with Crippen LogP contribution in [0.15, 0.2) is 54.6 Å². The molecule has 0 saturated heterocycles. The number of aromatic hydroxyl groups is 1. The van der Waals surface area contributed by atoms with Crippen LogP contribution in [0.3, 0.4) is 0 Å². The number of rotatable bonds is 6. The molecule has 2 aromatic rings. The highest BCUT2D eigenvalue weighted by Crippen LogP contribution is 2.12. The van der Waals surface area contributed by atoms with E-state index in [0.717, 1.165) is 5.56 Å². The minimum Gasteiger partial charge on any atom is -0.508 e. The third-order valence-electron chi connectivity index (χ3n) is 3.28. The molecular weight excluding hydrogens is 342 g/mol. The Labute approximate surface area is 149 Å². The summed E-state index contributed by atoms with van der Waals surface area (Å²) in [5.41, 5.74) is 6.41. The number of carbonyl (C=O) groups excluding carboxylic acids is 1. The molecule has 8 heteroatoms. The van der Waals surface area contributed by atoms with Crippen molar-refractivity contribution in [2.45, 2.75) is 18.6 Å². The van der Waals surface area contributed by atoms with Crippen molar-refractivity contribution >= 4 is 17.7 Å². The van der Waals surface area contributed by atoms with Gasteiger partial charge in [0.1, 0.15) is 17.9 Å². The molecule has 6 N–H and O–H groups in total. The van der Waals surface area contributed by atoms with E-state index in [1.807, 2.05) is 0 Å². The number of ketones is 1. The molecule has 2 aromatic carbocycles. The van der Waals surface area contributed by atoms with E-state index in [1.165, 1.54) is 24.3 Å². The topological polar surface area (TPSA) is 158 Å². The van der Waals surface area contributed by atoms with E-state index in [2.05, 4.69) is 0 Å². The maximum absolute atomic E-state index is 10.8. The quantitative estimate of drug-likeness (QED) is 0.471. The fourth-order valence-corrected chi connectivity index (χ4v) is 1.88. The van der Waals surface area contributed by atoms with Gasteiger partial charge in [-0.1, -0.05) is 42.5 Å². The molecule has 1 unspecified atom stereocenters. The maximum Gasteiger partial charge on any atom is 0.375 e. The average Bonchev–Trinajstić information content (AvgIpc) is 2.63. The van der Waals surface area contributed by atoms with Gasteiger partial charge < -0.3 is 26.2 Å². The van der Waals surface area contributed by atoms with Crippen molar-refractivity contribution in [1.82, 2.24) is 0 Å². The number of aliphatic carboxylic acids is 2. The number of phenolic OH excluding ortho intramolecular Hbond substituents is 1. The molecule has 0 heterocycles. The monoisotopic (exact) mass is 361 g/mol. The Bertz CT molecular complexity index is 744. The molecule has 138 valence electrons. The molecule has 0 radical (unpaired) electrons. The van der Waals surface area contributed by atoms with Crippen LogP contribution in [0.4, 0.5) is 0 Å². The maximum atomic E-state index is 10.8. The SMILES string of the molecule is N[C@@H](Cc1ccc(O)cc1)C(=O)O.O=C(O)C(=O)C(O)c1ccccc1. The van der Waals surface area contributed by atoms with E-state index in [9.17, 15) is 19.5 Å². The first-order valence-corrected chi connectivity index (χ1v) is 7.48. The van der Waals surface area contributed by atoms with Crippen molar-refractivity contribution < 1.29 is 34.8 Å². The fourth-order valence-electron chi connectivity index (χ4n) is 1.88. The van der Waals surface area contributed by atoms with Crippen molar-refractivity contribution in [2.24, 2.45) is 5.73 Å². The second-order valence-corrected chi connectivity index (χ2v) is 5.30. The molecule has 0 fully saturated rings. The van der Waals surface area contributed by atoms with E-state index >= 15 is 0 Å². The number of Topliss-reactive ketones (excluding diaryl/α,β-unsaturated/α-hetero) is 1. The Hall–Kier alpha value is -3.23. The molecule has 0 aliphatic carbocycles. The van der Waals surface area contributed by atoms with Crippen LogP contribution >= 0.6 is 0 Å². The lowest BCUT2D eigenvalue weighted by atomic mass is 10.1. The van der Waals surface area contributed by atoms with Gasteiger partial charge >= 0.3 is 11.9 Å². The second kappa shape index (κ2) is 9.92. The van der Waals surface area contributed by atoms with Gasteiger partial charge in [-0.2, -0.15) is 0 Å². The number of benzene rings is 2. The van der Waals surface area contributed by atoms with Crippen LogP contribution in [0.5, 0.6) is 5.75 Å². The molecular formula is C18H19NO7. The van der Waals surface area contributed by atoms with Crippen LogP contribution in [-0.2, 0) is 20.8 Å². The molecule has 0 saturated carbocycles. The van der Waals surface area contributed by atoms with Crippen LogP contribution in [0.25, 0.3) is 0 Å². The summed E-state index contributed by atoms with van der Waals surface area (Å²) in [7, 11) is 0. The third-order valence-corrected chi connectivity index (χ3v) is 3.28. The predicted octanol–water partition coefficient (Wildman–Crippen LogP) is 0.720. The average molecular weight is 361 g/mol. The zero-order valence-electron chi connectivity index (χ0n) is 13.6. The summed E-state index contributed by atoms with van der Waals surface area (Å²) >= 11 is 0. The number of aliphatic hydroxyl groups is 1. The Kier molecular flexibility index (Phi) is 7.94. The molecule has 8 nitrogen and oxygen atoms in total. The molecule has 0 spiro atoms. The van der Waals surface area contributed by atoms with Crippen molar-refractivity contribution in [3.63, 3.8) is 0 Å². The Morgan fingerprint density at radius 3 is 1.92 bits per heavy atom. The third kappa shape index (κ3) is 6.71. The first-order valence-electron chi connectivity index (χ1n) is 7.48. The number of phenols is 1. The largest absolute Gasteiger partial charge is 0.508 e. The van der Waals surface area contributed by atoms with Gasteiger partial charge in [0.05, 0.1) is 0 Å². The normalized spacial score (nSPS) is 12.2. The molecule has 0 aromatic heterocycles. The number of nitrogens with two attached hydrogens (primary N) is 1. The molecule has 0 bridgehead atoms. The lowest BCUT2D eigenvalue weighted by Crippen LogP contribution is -2.32. The Morgan fingerprint density at radius 1 is 0.923 bits per heavy atom. The number of aliphatic hydroxyl groups excluding tert-OH is 1. The standard InChI is InChI=1S/C9H11NO3.C9H8O4/c10-8(9(12)13)5-6-1-3-7(11)4-2-6;10-7(8(11)9(12)13)6-4-2-1-3-5-6/h1-4,8,11H,5,10H2,(H,12,13);1-5,7,10H,(H,12,13)/t8-;/m0./s1. The minimum atomic E-state index is -1.63. The molecule has 2 rings (SSSR count). The molecule has 0 aliphatic rings. The van der Waals surface area contributed by atoms with E-state index in [1.54, 1.807) is 30.3 Å². The number of carboxylic acid groups (broad SMARTS) is 2. The van der Waals surface area contributed by atoms with Crippen molar-refractivity contribution in [2.75, 3.05) is 0 Å². The first-order chi connectivity index (χ1) is 12.2. The van der Waals surface area contributed by atoms with Gasteiger partial charge in [0, 0.05) is 0 Å². The summed E-state index contributed by atoms with van der Waals surface area (Å²) in [4.78, 5) is 31.4. The second-order valence-electron chi connectivity index (χ2n) is 5.30. The number of carboxylic acids is 2. The van der Waals surface area contributed by atoms with Crippen LogP contribution in [0.2, 0.25) is 0 Å². The van der Waals surface area contributed by atoms with Gasteiger partial charge in [-0.05, 0) is 29.7 Å². The number of hydrogen-bond acceptors (Lipinski definition) is 6. The van der Waals surface area contributed by atoms with E-state index in [4.69, 9.17) is 21.1 Å². The highest BCUT2D eigenvalue weighted by Gasteiger charge is 2.23. The number of carbonyl (C=O) groups is 3. The summed E-state index contributed by atoms with van der Waals surface area (Å²) < 4.78 is 0. The summed E-state index contributed by atoms with van der Waals surface area (Å²) in [5.74, 6) is -3.71. The summed E-state index contributed by atoms with van der Waals surface area (Å²) in [6.45, 7) is 0. The van der Waals surface area contributed by atoms with Crippen LogP contribution in [-0.4, -0.2) is 44.2 Å². The van der Waals surface area contributed by atoms with Gasteiger partial charge in [-0.25, -0.2) is 4.79 Å². The van der Waals surface area contributed by atoms with Crippen LogP contribution in [0.1, 0.15) is 17.2 Å². The molecule has 0 aliphatic heterocycles. The fraction of sp³-hybridized carbons (Fsp3) is 0.167. The highest BCUT2D eigenvalue weighted by atomic mass is 16.4. The first kappa shape index (κ1) is 20.8.